The van der Waals surface area contributed by atoms with Crippen molar-refractivity contribution in [2.24, 2.45) is 0 Å². The van der Waals surface area contributed by atoms with Crippen LogP contribution in [0.15, 0.2) is 48.7 Å². The number of hydrogen-bond acceptors (Lipinski definition) is 3. The number of nitrogens with one attached hydrogen (secondary N) is 1. The van der Waals surface area contributed by atoms with Gasteiger partial charge in [-0.05, 0) is 40.8 Å². The molecular weight excluding hydrogens is 300 g/mol. The highest BCUT2D eigenvalue weighted by Gasteiger charge is 2.17. The summed E-state index contributed by atoms with van der Waals surface area (Å²) in [6.07, 6.45) is 3.35. The molecule has 0 bridgehead atoms. The van der Waals surface area contributed by atoms with E-state index < -0.39 is 0 Å². The standard InChI is InChI=1S/C20H24N2S/c1-4-15-9-10-17-13-22(3)14-20(19(17)11-15)16-7-6-8-18(12-16)21-23-5-2/h6-12,14,21H,4-5,13H2,1-3H3. The first kappa shape index (κ1) is 16.0. The highest BCUT2D eigenvalue weighted by atomic mass is 32.2. The molecule has 2 aromatic rings. The molecule has 0 aromatic heterocycles. The second-order valence-corrected chi connectivity index (χ2v) is 6.99. The molecule has 0 amide bonds. The summed E-state index contributed by atoms with van der Waals surface area (Å²) < 4.78 is 3.41. The van der Waals surface area contributed by atoms with Gasteiger partial charge in [0.1, 0.15) is 0 Å². The van der Waals surface area contributed by atoms with E-state index in [0.717, 1.165) is 24.4 Å². The number of benzene rings is 2. The van der Waals surface area contributed by atoms with Crippen LogP contribution in [0.4, 0.5) is 5.69 Å². The van der Waals surface area contributed by atoms with Crippen molar-refractivity contribution in [3.63, 3.8) is 0 Å². The zero-order valence-electron chi connectivity index (χ0n) is 14.1. The Morgan fingerprint density at radius 1 is 1.13 bits per heavy atom. The summed E-state index contributed by atoms with van der Waals surface area (Å²) >= 11 is 1.73. The topological polar surface area (TPSA) is 15.3 Å². The van der Waals surface area contributed by atoms with Crippen LogP contribution in [-0.4, -0.2) is 17.7 Å². The summed E-state index contributed by atoms with van der Waals surface area (Å²) in [6.45, 7) is 5.35. The highest BCUT2D eigenvalue weighted by molar-refractivity contribution is 8.00. The van der Waals surface area contributed by atoms with Crippen molar-refractivity contribution in [1.29, 1.82) is 0 Å². The first-order chi connectivity index (χ1) is 11.2. The van der Waals surface area contributed by atoms with Gasteiger partial charge in [-0.25, -0.2) is 0 Å². The Morgan fingerprint density at radius 2 is 2.00 bits per heavy atom. The van der Waals surface area contributed by atoms with Crippen molar-refractivity contribution in [3.05, 3.63) is 70.9 Å². The lowest BCUT2D eigenvalue weighted by Gasteiger charge is -2.26. The van der Waals surface area contributed by atoms with Crippen LogP contribution >= 0.6 is 11.9 Å². The molecule has 0 fully saturated rings. The van der Waals surface area contributed by atoms with Gasteiger partial charge in [0.05, 0.1) is 0 Å². The number of nitrogens with zero attached hydrogens (tertiary/aromatic N) is 1. The lowest BCUT2D eigenvalue weighted by Crippen LogP contribution is -2.17. The molecule has 0 aliphatic carbocycles. The highest BCUT2D eigenvalue weighted by Crippen LogP contribution is 2.33. The number of fused-ring (bicyclic) bond motifs is 1. The second kappa shape index (κ2) is 7.14. The third-order valence-corrected chi connectivity index (χ3v) is 4.82. The molecule has 0 unspecified atom stereocenters. The molecule has 3 rings (SSSR count). The van der Waals surface area contributed by atoms with Crippen molar-refractivity contribution in [3.8, 4) is 0 Å². The van der Waals surface area contributed by atoms with Gasteiger partial charge < -0.3 is 9.62 Å². The summed E-state index contributed by atoms with van der Waals surface area (Å²) in [5.74, 6) is 1.05. The molecule has 1 heterocycles. The van der Waals surface area contributed by atoms with Crippen molar-refractivity contribution >= 4 is 23.2 Å². The molecule has 0 saturated carbocycles. The second-order valence-electron chi connectivity index (χ2n) is 5.92. The molecular formula is C20H24N2S. The van der Waals surface area contributed by atoms with Crippen LogP contribution in [0.25, 0.3) is 5.57 Å². The maximum atomic E-state index is 3.41. The fourth-order valence-electron chi connectivity index (χ4n) is 2.97. The largest absolute Gasteiger partial charge is 0.376 e. The summed E-state index contributed by atoms with van der Waals surface area (Å²) in [7, 11) is 2.14. The third-order valence-electron chi connectivity index (χ3n) is 4.15. The van der Waals surface area contributed by atoms with E-state index >= 15 is 0 Å². The molecule has 0 saturated heterocycles. The maximum Gasteiger partial charge on any atom is 0.0446 e. The fraction of sp³-hybridized carbons (Fsp3) is 0.300. The van der Waals surface area contributed by atoms with Gasteiger partial charge in [-0.2, -0.15) is 0 Å². The number of rotatable bonds is 5. The van der Waals surface area contributed by atoms with Crippen LogP contribution < -0.4 is 4.72 Å². The Kier molecular flexibility index (Phi) is 4.97. The van der Waals surface area contributed by atoms with Crippen LogP contribution in [0.2, 0.25) is 0 Å². The van der Waals surface area contributed by atoms with Crippen LogP contribution in [0, 0.1) is 0 Å². The van der Waals surface area contributed by atoms with Crippen LogP contribution in [0.5, 0.6) is 0 Å². The zero-order chi connectivity index (χ0) is 16.2. The zero-order valence-corrected chi connectivity index (χ0v) is 14.9. The van der Waals surface area contributed by atoms with Crippen LogP contribution in [-0.2, 0) is 13.0 Å². The Hall–Kier alpha value is -1.87. The van der Waals surface area contributed by atoms with Crippen LogP contribution in [0.3, 0.4) is 0 Å². The smallest absolute Gasteiger partial charge is 0.0446 e. The molecule has 3 heteroatoms. The molecule has 2 aromatic carbocycles. The van der Waals surface area contributed by atoms with E-state index in [-0.39, 0.29) is 0 Å². The van der Waals surface area contributed by atoms with Crippen molar-refractivity contribution in [2.45, 2.75) is 26.8 Å². The van der Waals surface area contributed by atoms with Gasteiger partial charge in [-0.3, -0.25) is 0 Å². The maximum absolute atomic E-state index is 3.41. The predicted octanol–water partition coefficient (Wildman–Crippen LogP) is 5.16. The molecule has 0 radical (unpaired) electrons. The van der Waals surface area contributed by atoms with Crippen molar-refractivity contribution < 1.29 is 0 Å². The SMILES string of the molecule is CCSNc1cccc(C2=CN(C)Cc3ccc(CC)cc32)c1. The molecule has 120 valence electrons. The van der Waals surface area contributed by atoms with E-state index in [1.807, 2.05) is 0 Å². The predicted molar refractivity (Wildman–Crippen MR) is 103 cm³/mol. The summed E-state index contributed by atoms with van der Waals surface area (Å²) in [4.78, 5) is 2.27. The molecule has 1 aliphatic rings. The van der Waals surface area contributed by atoms with Crippen molar-refractivity contribution in [1.82, 2.24) is 4.90 Å². The lowest BCUT2D eigenvalue weighted by atomic mass is 9.90. The minimum atomic E-state index is 0.979. The van der Waals surface area contributed by atoms with Gasteiger partial charge >= 0.3 is 0 Å². The summed E-state index contributed by atoms with van der Waals surface area (Å²) in [5.41, 5.74) is 7.93. The first-order valence-electron chi connectivity index (χ1n) is 8.23. The van der Waals surface area contributed by atoms with Gasteiger partial charge in [0.2, 0.25) is 0 Å². The number of anilines is 1. The van der Waals surface area contributed by atoms with E-state index in [4.69, 9.17) is 0 Å². The molecule has 0 spiro atoms. The summed E-state index contributed by atoms with van der Waals surface area (Å²) in [6, 6.07) is 15.6. The lowest BCUT2D eigenvalue weighted by molar-refractivity contribution is 0.445. The number of hydrogen-bond donors (Lipinski definition) is 1. The number of aryl methyl sites for hydroxylation is 1. The van der Waals surface area contributed by atoms with E-state index in [1.165, 1.54) is 27.8 Å². The van der Waals surface area contributed by atoms with E-state index in [9.17, 15) is 0 Å². The Balaban J connectivity index is 2.02. The Morgan fingerprint density at radius 3 is 2.78 bits per heavy atom. The average molecular weight is 324 g/mol. The third kappa shape index (κ3) is 3.56. The molecule has 1 N–H and O–H groups in total. The van der Waals surface area contributed by atoms with Gasteiger partial charge in [0.15, 0.2) is 0 Å². The molecule has 23 heavy (non-hydrogen) atoms. The normalized spacial score (nSPS) is 13.5. The summed E-state index contributed by atoms with van der Waals surface area (Å²) in [5, 5.41) is 0. The van der Waals surface area contributed by atoms with E-state index in [2.05, 4.69) is 79.2 Å². The molecule has 2 nitrogen and oxygen atoms in total. The van der Waals surface area contributed by atoms with E-state index in [1.54, 1.807) is 11.9 Å². The van der Waals surface area contributed by atoms with Gasteiger partial charge in [0.25, 0.3) is 0 Å². The first-order valence-corrected chi connectivity index (χ1v) is 9.22. The molecule has 1 aliphatic heterocycles. The minimum absolute atomic E-state index is 0.979. The Labute approximate surface area is 143 Å². The monoisotopic (exact) mass is 324 g/mol. The molecule has 0 atom stereocenters. The van der Waals surface area contributed by atoms with Gasteiger partial charge in [-0.1, -0.05) is 56.1 Å². The quantitative estimate of drug-likeness (QED) is 0.764. The average Bonchev–Trinajstić information content (AvgIpc) is 2.59. The fourth-order valence-corrected chi connectivity index (χ4v) is 3.41. The van der Waals surface area contributed by atoms with Crippen LogP contribution in [0.1, 0.15) is 36.1 Å². The van der Waals surface area contributed by atoms with E-state index in [0.29, 0.717) is 0 Å². The van der Waals surface area contributed by atoms with Crippen molar-refractivity contribution in [2.75, 3.05) is 17.5 Å². The van der Waals surface area contributed by atoms with Gasteiger partial charge in [0, 0.05) is 36.8 Å². The van der Waals surface area contributed by atoms with Gasteiger partial charge in [-0.15, -0.1) is 0 Å². The Bertz CT molecular complexity index is 721. The minimum Gasteiger partial charge on any atom is -0.376 e.